The maximum Gasteiger partial charge on any atom is 0.156 e. The van der Waals surface area contributed by atoms with Crippen LogP contribution in [-0.2, 0) is 9.84 Å². The summed E-state index contributed by atoms with van der Waals surface area (Å²) in [4.78, 5) is 0. The number of rotatable bonds is 6. The van der Waals surface area contributed by atoms with E-state index in [1.54, 1.807) is 20.8 Å². The first-order valence-electron chi connectivity index (χ1n) is 6.23. The Morgan fingerprint density at radius 3 is 2.25 bits per heavy atom. The lowest BCUT2D eigenvalue weighted by molar-refractivity contribution is 0.481. The second kappa shape index (κ2) is 5.05. The molecule has 3 nitrogen and oxygen atoms in total. The van der Waals surface area contributed by atoms with E-state index in [1.807, 2.05) is 0 Å². The van der Waals surface area contributed by atoms with E-state index in [1.165, 1.54) is 12.8 Å². The second-order valence-electron chi connectivity index (χ2n) is 5.79. The van der Waals surface area contributed by atoms with E-state index in [0.29, 0.717) is 11.7 Å². The SMILES string of the molecule is CCCNC(CS(=O)(=O)C(C)(C)C)C1CC1. The van der Waals surface area contributed by atoms with Crippen LogP contribution in [0.4, 0.5) is 0 Å². The Morgan fingerprint density at radius 1 is 1.31 bits per heavy atom. The van der Waals surface area contributed by atoms with Crippen LogP contribution in [0.3, 0.4) is 0 Å². The molecule has 1 saturated carbocycles. The quantitative estimate of drug-likeness (QED) is 0.780. The van der Waals surface area contributed by atoms with Gasteiger partial charge in [-0.25, -0.2) is 8.42 Å². The van der Waals surface area contributed by atoms with Crippen LogP contribution in [0.15, 0.2) is 0 Å². The highest BCUT2D eigenvalue weighted by atomic mass is 32.2. The van der Waals surface area contributed by atoms with Gasteiger partial charge in [0.15, 0.2) is 9.84 Å². The molecule has 96 valence electrons. The smallest absolute Gasteiger partial charge is 0.156 e. The molecule has 0 radical (unpaired) electrons. The Morgan fingerprint density at radius 2 is 1.88 bits per heavy atom. The van der Waals surface area contributed by atoms with E-state index >= 15 is 0 Å². The molecule has 0 aromatic carbocycles. The minimum Gasteiger partial charge on any atom is -0.313 e. The van der Waals surface area contributed by atoms with Crippen molar-refractivity contribution >= 4 is 9.84 Å². The zero-order valence-electron chi connectivity index (χ0n) is 10.9. The van der Waals surface area contributed by atoms with Crippen LogP contribution >= 0.6 is 0 Å². The zero-order valence-corrected chi connectivity index (χ0v) is 11.7. The Kier molecular flexibility index (Phi) is 4.41. The van der Waals surface area contributed by atoms with Crippen LogP contribution in [0.25, 0.3) is 0 Å². The minimum atomic E-state index is -2.99. The topological polar surface area (TPSA) is 46.2 Å². The van der Waals surface area contributed by atoms with Gasteiger partial charge in [-0.3, -0.25) is 0 Å². The third-order valence-corrected chi connectivity index (χ3v) is 5.84. The molecule has 1 fully saturated rings. The number of sulfone groups is 1. The molecule has 0 heterocycles. The second-order valence-corrected chi connectivity index (χ2v) is 8.58. The van der Waals surface area contributed by atoms with Crippen molar-refractivity contribution in [1.29, 1.82) is 0 Å². The van der Waals surface area contributed by atoms with Crippen LogP contribution in [0.2, 0.25) is 0 Å². The fourth-order valence-corrected chi connectivity index (χ4v) is 3.04. The summed E-state index contributed by atoms with van der Waals surface area (Å²) in [5.41, 5.74) is 0. The first-order valence-corrected chi connectivity index (χ1v) is 7.89. The predicted molar refractivity (Wildman–Crippen MR) is 68.3 cm³/mol. The number of nitrogens with one attached hydrogen (secondary N) is 1. The number of hydrogen-bond acceptors (Lipinski definition) is 3. The molecule has 1 atom stereocenters. The minimum absolute atomic E-state index is 0.171. The molecule has 0 aliphatic heterocycles. The first-order chi connectivity index (χ1) is 7.28. The molecular weight excluding hydrogens is 222 g/mol. The van der Waals surface area contributed by atoms with Crippen molar-refractivity contribution in [3.63, 3.8) is 0 Å². The van der Waals surface area contributed by atoms with Gasteiger partial charge in [0.1, 0.15) is 0 Å². The highest BCUT2D eigenvalue weighted by Gasteiger charge is 2.38. The lowest BCUT2D eigenvalue weighted by Crippen LogP contribution is -2.43. The molecule has 1 aliphatic rings. The molecule has 0 aromatic rings. The summed E-state index contributed by atoms with van der Waals surface area (Å²) < 4.78 is 23.6. The molecule has 0 spiro atoms. The maximum absolute atomic E-state index is 12.1. The lowest BCUT2D eigenvalue weighted by atomic mass is 10.2. The fraction of sp³-hybridized carbons (Fsp3) is 1.00. The highest BCUT2D eigenvalue weighted by molar-refractivity contribution is 7.92. The van der Waals surface area contributed by atoms with E-state index in [0.717, 1.165) is 13.0 Å². The van der Waals surface area contributed by atoms with E-state index in [9.17, 15) is 8.42 Å². The summed E-state index contributed by atoms with van der Waals surface area (Å²) in [7, 11) is -2.99. The molecule has 1 N–H and O–H groups in total. The Labute approximate surface area is 99.9 Å². The standard InChI is InChI=1S/C12H25NO2S/c1-5-8-13-11(10-6-7-10)9-16(14,15)12(2,3)4/h10-11,13H,5-9H2,1-4H3. The van der Waals surface area contributed by atoms with Gasteiger partial charge in [0, 0.05) is 6.04 Å². The van der Waals surface area contributed by atoms with Crippen molar-refractivity contribution in [2.75, 3.05) is 12.3 Å². The van der Waals surface area contributed by atoms with Gasteiger partial charge in [0.05, 0.1) is 10.5 Å². The summed E-state index contributed by atoms with van der Waals surface area (Å²) >= 11 is 0. The Hall–Kier alpha value is -0.0900. The summed E-state index contributed by atoms with van der Waals surface area (Å²) in [5, 5.41) is 3.38. The summed E-state index contributed by atoms with van der Waals surface area (Å²) in [5.74, 6) is 0.880. The summed E-state index contributed by atoms with van der Waals surface area (Å²) in [6, 6.07) is 0.171. The lowest BCUT2D eigenvalue weighted by Gasteiger charge is -2.24. The monoisotopic (exact) mass is 247 g/mol. The summed E-state index contributed by atoms with van der Waals surface area (Å²) in [6.45, 7) is 8.38. The van der Waals surface area contributed by atoms with Crippen LogP contribution in [-0.4, -0.2) is 31.5 Å². The van der Waals surface area contributed by atoms with Gasteiger partial charge in [-0.1, -0.05) is 6.92 Å². The molecule has 1 rings (SSSR count). The molecular formula is C12H25NO2S. The molecule has 1 aliphatic carbocycles. The third-order valence-electron chi connectivity index (χ3n) is 3.18. The van der Waals surface area contributed by atoms with Crippen LogP contribution in [0, 0.1) is 5.92 Å². The van der Waals surface area contributed by atoms with Crippen molar-refractivity contribution in [3.8, 4) is 0 Å². The normalized spacial score (nSPS) is 19.8. The van der Waals surface area contributed by atoms with Crippen molar-refractivity contribution in [3.05, 3.63) is 0 Å². The predicted octanol–water partition coefficient (Wildman–Crippen LogP) is 1.98. The van der Waals surface area contributed by atoms with Gasteiger partial charge in [-0.2, -0.15) is 0 Å². The van der Waals surface area contributed by atoms with Gasteiger partial charge in [0.25, 0.3) is 0 Å². The van der Waals surface area contributed by atoms with Crippen LogP contribution in [0.5, 0.6) is 0 Å². The van der Waals surface area contributed by atoms with E-state index < -0.39 is 14.6 Å². The highest BCUT2D eigenvalue weighted by Crippen LogP contribution is 2.34. The Bertz CT molecular complexity index is 312. The fourth-order valence-electron chi connectivity index (χ4n) is 1.68. The van der Waals surface area contributed by atoms with Crippen molar-refractivity contribution in [2.24, 2.45) is 5.92 Å². The van der Waals surface area contributed by atoms with Crippen LogP contribution in [0.1, 0.15) is 47.0 Å². The Balaban J connectivity index is 2.61. The van der Waals surface area contributed by atoms with Crippen molar-refractivity contribution < 1.29 is 8.42 Å². The van der Waals surface area contributed by atoms with E-state index in [-0.39, 0.29) is 6.04 Å². The maximum atomic E-state index is 12.1. The third kappa shape index (κ3) is 3.74. The van der Waals surface area contributed by atoms with Gasteiger partial charge in [-0.15, -0.1) is 0 Å². The van der Waals surface area contributed by atoms with E-state index in [4.69, 9.17) is 0 Å². The molecule has 0 amide bonds. The average molecular weight is 247 g/mol. The van der Waals surface area contributed by atoms with Crippen LogP contribution < -0.4 is 5.32 Å². The largest absolute Gasteiger partial charge is 0.313 e. The molecule has 0 saturated heterocycles. The molecule has 4 heteroatoms. The van der Waals surface area contributed by atoms with Gasteiger partial charge < -0.3 is 5.32 Å². The van der Waals surface area contributed by atoms with Gasteiger partial charge in [-0.05, 0) is 52.5 Å². The zero-order chi connectivity index (χ0) is 12.4. The van der Waals surface area contributed by atoms with Crippen molar-refractivity contribution in [2.45, 2.75) is 57.7 Å². The van der Waals surface area contributed by atoms with Gasteiger partial charge >= 0.3 is 0 Å². The first kappa shape index (κ1) is 14.0. The molecule has 16 heavy (non-hydrogen) atoms. The molecule has 1 unspecified atom stereocenters. The molecule has 0 bridgehead atoms. The van der Waals surface area contributed by atoms with E-state index in [2.05, 4.69) is 12.2 Å². The van der Waals surface area contributed by atoms with Gasteiger partial charge in [0.2, 0.25) is 0 Å². The summed E-state index contributed by atoms with van der Waals surface area (Å²) in [6.07, 6.45) is 3.42. The number of hydrogen-bond donors (Lipinski definition) is 1. The van der Waals surface area contributed by atoms with Crippen molar-refractivity contribution in [1.82, 2.24) is 5.32 Å². The molecule has 0 aromatic heterocycles. The average Bonchev–Trinajstić information content (AvgIpc) is 2.93.